The quantitative estimate of drug-likeness (QED) is 0.431. The molecular weight excluding hydrogens is 476 g/mol. The highest BCUT2D eigenvalue weighted by atomic mass is 35.5. The largest absolute Gasteiger partial charge is 0.490 e. The molecule has 2 amide bonds. The predicted octanol–water partition coefficient (Wildman–Crippen LogP) is 5.56. The molecule has 1 aliphatic heterocycles. The third kappa shape index (κ3) is 4.73. The van der Waals surface area contributed by atoms with Crippen molar-refractivity contribution in [2.24, 2.45) is 0 Å². The minimum absolute atomic E-state index is 0.113. The number of carbonyl (C=O) groups excluding carboxylic acids is 2. The molecule has 0 saturated carbocycles. The molecule has 0 spiro atoms. The van der Waals surface area contributed by atoms with Crippen molar-refractivity contribution in [2.45, 2.75) is 13.8 Å². The standard InChI is InChI=1S/C25H21ClN2O5S/c1-15-13-18(16(2)28(15)19-9-7-17(8-10-19)24(30)31)14-22-23(29)27(25(32)34-22)11-12-33-21-6-4-3-5-20(21)26/h3-10,13-14H,11-12H2,1-2H3,(H,30,31)/b22-14-. The molecule has 2 heterocycles. The van der Waals surface area contributed by atoms with E-state index in [-0.39, 0.29) is 29.9 Å². The number of aromatic nitrogens is 1. The lowest BCUT2D eigenvalue weighted by Crippen LogP contribution is -2.32. The molecule has 34 heavy (non-hydrogen) atoms. The van der Waals surface area contributed by atoms with Crippen molar-refractivity contribution in [1.29, 1.82) is 0 Å². The summed E-state index contributed by atoms with van der Waals surface area (Å²) in [4.78, 5) is 38.0. The summed E-state index contributed by atoms with van der Waals surface area (Å²) in [5.74, 6) is -0.856. The first-order chi connectivity index (χ1) is 16.3. The summed E-state index contributed by atoms with van der Waals surface area (Å²) in [6, 6.07) is 15.5. The van der Waals surface area contributed by atoms with Crippen LogP contribution in [0.5, 0.6) is 5.75 Å². The first kappa shape index (κ1) is 23.7. The maximum atomic E-state index is 12.9. The zero-order chi connectivity index (χ0) is 24.4. The van der Waals surface area contributed by atoms with Crippen LogP contribution in [0.15, 0.2) is 59.5 Å². The van der Waals surface area contributed by atoms with E-state index < -0.39 is 5.97 Å². The molecule has 2 aromatic carbocycles. The average molecular weight is 497 g/mol. The molecule has 0 bridgehead atoms. The zero-order valence-corrected chi connectivity index (χ0v) is 20.0. The average Bonchev–Trinajstić information content (AvgIpc) is 3.24. The van der Waals surface area contributed by atoms with Crippen LogP contribution in [-0.4, -0.2) is 44.8 Å². The van der Waals surface area contributed by atoms with Gasteiger partial charge in [-0.05, 0) is 79.7 Å². The van der Waals surface area contributed by atoms with E-state index in [1.165, 1.54) is 0 Å². The van der Waals surface area contributed by atoms with Gasteiger partial charge in [-0.15, -0.1) is 0 Å². The summed E-state index contributed by atoms with van der Waals surface area (Å²) < 4.78 is 7.58. The summed E-state index contributed by atoms with van der Waals surface area (Å²) in [5.41, 5.74) is 3.61. The van der Waals surface area contributed by atoms with Gasteiger partial charge in [-0.3, -0.25) is 14.5 Å². The number of rotatable bonds is 7. The van der Waals surface area contributed by atoms with Crippen LogP contribution < -0.4 is 4.74 Å². The predicted molar refractivity (Wildman–Crippen MR) is 132 cm³/mol. The van der Waals surface area contributed by atoms with Crippen LogP contribution in [0.4, 0.5) is 4.79 Å². The van der Waals surface area contributed by atoms with Gasteiger partial charge in [0.1, 0.15) is 12.4 Å². The molecule has 9 heteroatoms. The van der Waals surface area contributed by atoms with E-state index >= 15 is 0 Å². The number of aromatic carboxylic acids is 1. The van der Waals surface area contributed by atoms with Crippen molar-refractivity contribution in [3.63, 3.8) is 0 Å². The summed E-state index contributed by atoms with van der Waals surface area (Å²) >= 11 is 6.97. The number of ether oxygens (including phenoxy) is 1. The number of nitrogens with zero attached hydrogens (tertiary/aromatic N) is 2. The molecule has 1 saturated heterocycles. The van der Waals surface area contributed by atoms with Gasteiger partial charge in [0.05, 0.1) is 22.0 Å². The highest BCUT2D eigenvalue weighted by Gasteiger charge is 2.35. The van der Waals surface area contributed by atoms with Crippen LogP contribution >= 0.6 is 23.4 Å². The number of hydrogen-bond donors (Lipinski definition) is 1. The second-order valence-electron chi connectivity index (χ2n) is 7.63. The second kappa shape index (κ2) is 9.79. The zero-order valence-electron chi connectivity index (χ0n) is 18.4. The Hall–Kier alpha value is -3.49. The number of halogens is 1. The minimum Gasteiger partial charge on any atom is -0.490 e. The number of thioether (sulfide) groups is 1. The molecule has 0 unspecified atom stereocenters. The summed E-state index contributed by atoms with van der Waals surface area (Å²) in [6.45, 7) is 4.08. The van der Waals surface area contributed by atoms with Crippen LogP contribution in [-0.2, 0) is 4.79 Å². The molecule has 3 aromatic rings. The molecule has 174 valence electrons. The third-order valence-corrected chi connectivity index (χ3v) is 6.63. The molecule has 1 fully saturated rings. The lowest BCUT2D eigenvalue weighted by atomic mass is 10.2. The van der Waals surface area contributed by atoms with Gasteiger partial charge in [-0.2, -0.15) is 0 Å². The molecule has 1 aliphatic rings. The van der Waals surface area contributed by atoms with E-state index in [1.807, 2.05) is 24.5 Å². The summed E-state index contributed by atoms with van der Waals surface area (Å²) in [7, 11) is 0. The van der Waals surface area contributed by atoms with Crippen molar-refractivity contribution in [3.8, 4) is 11.4 Å². The van der Waals surface area contributed by atoms with E-state index in [4.69, 9.17) is 21.4 Å². The van der Waals surface area contributed by atoms with Crippen molar-refractivity contribution in [3.05, 3.63) is 87.0 Å². The second-order valence-corrected chi connectivity index (χ2v) is 9.03. The van der Waals surface area contributed by atoms with Crippen LogP contribution in [0.3, 0.4) is 0 Å². The van der Waals surface area contributed by atoms with Crippen molar-refractivity contribution in [1.82, 2.24) is 9.47 Å². The molecule has 7 nitrogen and oxygen atoms in total. The Balaban J connectivity index is 1.50. The van der Waals surface area contributed by atoms with Gasteiger partial charge in [0.25, 0.3) is 11.1 Å². The first-order valence-corrected chi connectivity index (χ1v) is 11.6. The number of carbonyl (C=O) groups is 3. The first-order valence-electron chi connectivity index (χ1n) is 10.4. The number of benzene rings is 2. The molecular formula is C25H21ClN2O5S. The van der Waals surface area contributed by atoms with E-state index in [9.17, 15) is 14.4 Å². The van der Waals surface area contributed by atoms with Crippen molar-refractivity contribution >= 4 is 46.6 Å². The van der Waals surface area contributed by atoms with Gasteiger partial charge in [-0.25, -0.2) is 4.79 Å². The van der Waals surface area contributed by atoms with E-state index in [0.29, 0.717) is 15.7 Å². The Labute approximate surface area is 205 Å². The minimum atomic E-state index is -0.985. The SMILES string of the molecule is Cc1cc(/C=C2\SC(=O)N(CCOc3ccccc3Cl)C2=O)c(C)n1-c1ccc(C(=O)O)cc1. The number of carboxylic acids is 1. The molecule has 1 aromatic heterocycles. The smallest absolute Gasteiger partial charge is 0.335 e. The highest BCUT2D eigenvalue weighted by molar-refractivity contribution is 8.18. The van der Waals surface area contributed by atoms with Crippen LogP contribution in [0.25, 0.3) is 11.8 Å². The lowest BCUT2D eigenvalue weighted by molar-refractivity contribution is -0.123. The Kier molecular flexibility index (Phi) is 6.81. The topological polar surface area (TPSA) is 88.8 Å². The Morgan fingerprint density at radius 3 is 2.50 bits per heavy atom. The maximum absolute atomic E-state index is 12.9. The molecule has 4 rings (SSSR count). The lowest BCUT2D eigenvalue weighted by Gasteiger charge is -2.13. The number of carboxylic acid groups (broad SMARTS) is 1. The summed E-state index contributed by atoms with van der Waals surface area (Å²) in [6.07, 6.45) is 1.71. The fourth-order valence-electron chi connectivity index (χ4n) is 3.73. The normalized spacial score (nSPS) is 14.8. The van der Waals surface area contributed by atoms with Crippen molar-refractivity contribution < 1.29 is 24.2 Å². The van der Waals surface area contributed by atoms with Crippen LogP contribution in [0.1, 0.15) is 27.3 Å². The van der Waals surface area contributed by atoms with Crippen molar-refractivity contribution in [2.75, 3.05) is 13.2 Å². The molecule has 0 radical (unpaired) electrons. The van der Waals surface area contributed by atoms with E-state index in [2.05, 4.69) is 0 Å². The molecule has 1 N–H and O–H groups in total. The van der Waals surface area contributed by atoms with Crippen LogP contribution in [0.2, 0.25) is 5.02 Å². The number of hydrogen-bond acceptors (Lipinski definition) is 5. The maximum Gasteiger partial charge on any atom is 0.335 e. The Bertz CT molecular complexity index is 1310. The van der Waals surface area contributed by atoms with Crippen LogP contribution in [0, 0.1) is 13.8 Å². The monoisotopic (exact) mass is 496 g/mol. The number of aryl methyl sites for hydroxylation is 1. The van der Waals surface area contributed by atoms with Gasteiger partial charge in [0, 0.05) is 17.1 Å². The Morgan fingerprint density at radius 2 is 1.82 bits per heavy atom. The number of amides is 2. The molecule has 0 atom stereocenters. The van der Waals surface area contributed by atoms with E-state index in [0.717, 1.165) is 39.3 Å². The number of para-hydroxylation sites is 1. The molecule has 0 aliphatic carbocycles. The van der Waals surface area contributed by atoms with Gasteiger partial charge < -0.3 is 14.4 Å². The highest BCUT2D eigenvalue weighted by Crippen LogP contribution is 2.34. The fourth-order valence-corrected chi connectivity index (χ4v) is 4.77. The Morgan fingerprint density at radius 1 is 1.12 bits per heavy atom. The fraction of sp³-hybridized carbons (Fsp3) is 0.160. The van der Waals surface area contributed by atoms with Gasteiger partial charge in [0.2, 0.25) is 0 Å². The number of imide groups is 1. The van der Waals surface area contributed by atoms with Gasteiger partial charge in [0.15, 0.2) is 0 Å². The van der Waals surface area contributed by atoms with Gasteiger partial charge in [-0.1, -0.05) is 23.7 Å². The van der Waals surface area contributed by atoms with E-state index in [1.54, 1.807) is 54.6 Å². The van der Waals surface area contributed by atoms with Gasteiger partial charge >= 0.3 is 5.97 Å². The third-order valence-electron chi connectivity index (χ3n) is 5.41. The summed E-state index contributed by atoms with van der Waals surface area (Å²) in [5, 5.41) is 9.23.